The first kappa shape index (κ1) is 20.6. The number of carbonyl (C=O) groups excluding carboxylic acids is 1. The Balaban J connectivity index is 1.56. The Labute approximate surface area is 178 Å². The summed E-state index contributed by atoms with van der Waals surface area (Å²) in [7, 11) is 0. The minimum atomic E-state index is -0.442. The van der Waals surface area contributed by atoms with Gasteiger partial charge in [0.15, 0.2) is 0 Å². The lowest BCUT2D eigenvalue weighted by atomic mass is 9.75. The van der Waals surface area contributed by atoms with Crippen LogP contribution in [-0.4, -0.2) is 22.0 Å². The van der Waals surface area contributed by atoms with E-state index in [4.69, 9.17) is 14.7 Å². The van der Waals surface area contributed by atoms with Gasteiger partial charge in [-0.2, -0.15) is 4.98 Å². The van der Waals surface area contributed by atoms with E-state index >= 15 is 0 Å². The molecule has 0 radical (unpaired) electrons. The molecule has 0 bridgehead atoms. The van der Waals surface area contributed by atoms with Crippen LogP contribution in [0, 0.1) is 0 Å². The van der Waals surface area contributed by atoms with Crippen molar-refractivity contribution in [3.63, 3.8) is 0 Å². The van der Waals surface area contributed by atoms with E-state index in [9.17, 15) is 4.79 Å². The van der Waals surface area contributed by atoms with Gasteiger partial charge >= 0.3 is 0 Å². The monoisotopic (exact) mass is 408 g/mol. The Morgan fingerprint density at radius 2 is 1.77 bits per heavy atom. The number of carbonyl (C=O) groups is 1. The lowest BCUT2D eigenvalue weighted by Crippen LogP contribution is -2.36. The van der Waals surface area contributed by atoms with E-state index in [1.165, 1.54) is 25.7 Å². The van der Waals surface area contributed by atoms with E-state index in [-0.39, 0.29) is 5.54 Å². The molecule has 0 amide bonds. The Bertz CT molecular complexity index is 879. The van der Waals surface area contributed by atoms with E-state index < -0.39 is 5.60 Å². The standard InChI is InChI=1S/C24H32N4O2/c1-23(2,3)28-21-15-20(17-7-4-5-8-17)26-22(27-21)25-19-11-9-18(10-12-19)24(30-16-29)13-6-14-24/h9-12,15-17H,4-8,13-14H2,1-3H3,(H2,25,26,27,28). The molecule has 1 aromatic heterocycles. The molecule has 6 heteroatoms. The molecule has 2 aromatic rings. The van der Waals surface area contributed by atoms with Crippen molar-refractivity contribution >= 4 is 23.9 Å². The number of hydrogen-bond donors (Lipinski definition) is 2. The van der Waals surface area contributed by atoms with Crippen LogP contribution in [0.1, 0.15) is 82.9 Å². The van der Waals surface area contributed by atoms with E-state index in [0.29, 0.717) is 18.3 Å². The van der Waals surface area contributed by atoms with Gasteiger partial charge in [0, 0.05) is 23.2 Å². The van der Waals surface area contributed by atoms with E-state index in [1.807, 2.05) is 24.3 Å². The summed E-state index contributed by atoms with van der Waals surface area (Å²) in [6, 6.07) is 10.2. The van der Waals surface area contributed by atoms with Crippen LogP contribution in [0.3, 0.4) is 0 Å². The van der Waals surface area contributed by atoms with Gasteiger partial charge in [-0.05, 0) is 70.6 Å². The number of nitrogens with zero attached hydrogens (tertiary/aromatic N) is 2. The summed E-state index contributed by atoms with van der Waals surface area (Å²) in [5.74, 6) is 1.98. The number of rotatable bonds is 7. The number of benzene rings is 1. The Morgan fingerprint density at radius 1 is 1.07 bits per heavy atom. The molecule has 1 aromatic carbocycles. The second-order valence-electron chi connectivity index (χ2n) is 9.62. The fraction of sp³-hybridized carbons (Fsp3) is 0.542. The third kappa shape index (κ3) is 4.58. The van der Waals surface area contributed by atoms with Gasteiger partial charge in [0.1, 0.15) is 11.4 Å². The van der Waals surface area contributed by atoms with Gasteiger partial charge in [-0.15, -0.1) is 0 Å². The van der Waals surface area contributed by atoms with Gasteiger partial charge < -0.3 is 15.4 Å². The topological polar surface area (TPSA) is 76.1 Å². The number of anilines is 3. The molecule has 6 nitrogen and oxygen atoms in total. The van der Waals surface area contributed by atoms with Crippen molar-refractivity contribution < 1.29 is 9.53 Å². The number of ether oxygens (including phenoxy) is 1. The highest BCUT2D eigenvalue weighted by Gasteiger charge is 2.40. The maximum absolute atomic E-state index is 10.9. The molecule has 30 heavy (non-hydrogen) atoms. The average molecular weight is 409 g/mol. The normalized spacial score (nSPS) is 18.5. The summed E-state index contributed by atoms with van der Waals surface area (Å²) in [6.45, 7) is 6.97. The molecule has 0 saturated heterocycles. The number of hydrogen-bond acceptors (Lipinski definition) is 6. The molecule has 0 atom stereocenters. The molecule has 0 spiro atoms. The fourth-order valence-corrected chi connectivity index (χ4v) is 4.45. The van der Waals surface area contributed by atoms with Gasteiger partial charge in [0.25, 0.3) is 6.47 Å². The summed E-state index contributed by atoms with van der Waals surface area (Å²) < 4.78 is 5.41. The zero-order valence-corrected chi connectivity index (χ0v) is 18.2. The molecule has 2 aliphatic carbocycles. The lowest BCUT2D eigenvalue weighted by Gasteiger charge is -2.40. The van der Waals surface area contributed by atoms with Crippen molar-refractivity contribution in [3.05, 3.63) is 41.6 Å². The minimum Gasteiger partial charge on any atom is -0.456 e. The van der Waals surface area contributed by atoms with E-state index in [0.717, 1.165) is 42.0 Å². The minimum absolute atomic E-state index is 0.0735. The van der Waals surface area contributed by atoms with Crippen molar-refractivity contribution in [1.29, 1.82) is 0 Å². The van der Waals surface area contributed by atoms with Gasteiger partial charge in [-0.25, -0.2) is 4.98 Å². The highest BCUT2D eigenvalue weighted by molar-refractivity contribution is 5.57. The smallest absolute Gasteiger partial charge is 0.293 e. The molecule has 2 aliphatic rings. The first-order valence-electron chi connectivity index (χ1n) is 11.0. The first-order valence-corrected chi connectivity index (χ1v) is 11.0. The molecule has 4 rings (SSSR count). The van der Waals surface area contributed by atoms with Crippen molar-refractivity contribution in [2.45, 2.75) is 82.8 Å². The highest BCUT2D eigenvalue weighted by Crippen LogP contribution is 2.44. The first-order chi connectivity index (χ1) is 14.4. The predicted molar refractivity (Wildman–Crippen MR) is 119 cm³/mol. The van der Waals surface area contributed by atoms with Gasteiger partial charge in [-0.3, -0.25) is 4.79 Å². The third-order valence-corrected chi connectivity index (χ3v) is 6.12. The molecular weight excluding hydrogens is 376 g/mol. The van der Waals surface area contributed by atoms with Crippen molar-refractivity contribution in [3.8, 4) is 0 Å². The quantitative estimate of drug-likeness (QED) is 0.577. The Kier molecular flexibility index (Phi) is 5.67. The van der Waals surface area contributed by atoms with E-state index in [2.05, 4.69) is 37.5 Å². The third-order valence-electron chi connectivity index (χ3n) is 6.12. The van der Waals surface area contributed by atoms with Crippen LogP contribution in [0.2, 0.25) is 0 Å². The van der Waals surface area contributed by atoms with E-state index in [1.54, 1.807) is 0 Å². The van der Waals surface area contributed by atoms with Crippen LogP contribution < -0.4 is 10.6 Å². The predicted octanol–water partition coefficient (Wildman–Crippen LogP) is 5.64. The molecule has 0 aliphatic heterocycles. The Morgan fingerprint density at radius 3 is 2.33 bits per heavy atom. The maximum Gasteiger partial charge on any atom is 0.293 e. The van der Waals surface area contributed by atoms with Crippen molar-refractivity contribution in [1.82, 2.24) is 9.97 Å². The summed E-state index contributed by atoms with van der Waals surface area (Å²) in [5.41, 5.74) is 2.56. The van der Waals surface area contributed by atoms with Gasteiger partial charge in [-0.1, -0.05) is 25.0 Å². The molecule has 0 unspecified atom stereocenters. The zero-order chi connectivity index (χ0) is 21.2. The summed E-state index contributed by atoms with van der Waals surface area (Å²) in [4.78, 5) is 20.5. The largest absolute Gasteiger partial charge is 0.456 e. The van der Waals surface area contributed by atoms with Crippen LogP contribution in [0.4, 0.5) is 17.5 Å². The summed E-state index contributed by atoms with van der Waals surface area (Å²) in [6.07, 6.45) is 7.77. The maximum atomic E-state index is 10.9. The zero-order valence-electron chi connectivity index (χ0n) is 18.2. The van der Waals surface area contributed by atoms with Gasteiger partial charge in [0.05, 0.1) is 5.69 Å². The molecular formula is C24H32N4O2. The molecule has 1 heterocycles. The molecule has 2 fully saturated rings. The number of nitrogens with one attached hydrogen (secondary N) is 2. The molecule has 2 saturated carbocycles. The second kappa shape index (κ2) is 8.25. The lowest BCUT2D eigenvalue weighted by molar-refractivity contribution is -0.155. The average Bonchev–Trinajstić information content (AvgIpc) is 3.19. The highest BCUT2D eigenvalue weighted by atomic mass is 16.5. The van der Waals surface area contributed by atoms with Crippen LogP contribution >= 0.6 is 0 Å². The van der Waals surface area contributed by atoms with Crippen LogP contribution in [0.15, 0.2) is 30.3 Å². The van der Waals surface area contributed by atoms with Crippen LogP contribution in [0.25, 0.3) is 0 Å². The summed E-state index contributed by atoms with van der Waals surface area (Å²) >= 11 is 0. The van der Waals surface area contributed by atoms with Crippen molar-refractivity contribution in [2.24, 2.45) is 0 Å². The van der Waals surface area contributed by atoms with Gasteiger partial charge in [0.2, 0.25) is 5.95 Å². The number of aromatic nitrogens is 2. The van der Waals surface area contributed by atoms with Crippen LogP contribution in [-0.2, 0) is 15.1 Å². The molecule has 160 valence electrons. The summed E-state index contributed by atoms with van der Waals surface area (Å²) in [5, 5.41) is 6.86. The Hall–Kier alpha value is -2.63. The van der Waals surface area contributed by atoms with Crippen molar-refractivity contribution in [2.75, 3.05) is 10.6 Å². The SMILES string of the molecule is CC(C)(C)Nc1cc(C2CCCC2)nc(Nc2ccc(C3(OC=O)CCC3)cc2)n1. The molecule has 2 N–H and O–H groups in total. The fourth-order valence-electron chi connectivity index (χ4n) is 4.45. The second-order valence-corrected chi connectivity index (χ2v) is 9.62. The van der Waals surface area contributed by atoms with Crippen LogP contribution in [0.5, 0.6) is 0 Å².